The minimum Gasteiger partial charge on any atom is -0.464 e. The van der Waals surface area contributed by atoms with Gasteiger partial charge in [-0.15, -0.1) is 0 Å². The summed E-state index contributed by atoms with van der Waals surface area (Å²) in [5.74, 6) is -2.43. The molecule has 2 amide bonds. The van der Waals surface area contributed by atoms with Crippen LogP contribution in [0.4, 0.5) is 5.69 Å². The van der Waals surface area contributed by atoms with Gasteiger partial charge in [0.2, 0.25) is 11.7 Å². The maximum absolute atomic E-state index is 14.7. The molecular weight excluding hydrogens is 550 g/mol. The molecule has 0 aliphatic carbocycles. The van der Waals surface area contributed by atoms with E-state index in [9.17, 15) is 19.2 Å². The molecule has 0 saturated carbocycles. The van der Waals surface area contributed by atoms with Gasteiger partial charge in [0.1, 0.15) is 0 Å². The Kier molecular flexibility index (Phi) is 10.9. The topological polar surface area (TPSA) is 134 Å². The van der Waals surface area contributed by atoms with Gasteiger partial charge in [0, 0.05) is 23.8 Å². The molecule has 214 valence electrons. The fraction of sp³-hybridized carbons (Fsp3) is 0.393. The highest BCUT2D eigenvalue weighted by atomic mass is 32.2. The summed E-state index contributed by atoms with van der Waals surface area (Å²) in [6.07, 6.45) is 2.07. The van der Waals surface area contributed by atoms with Crippen molar-refractivity contribution in [2.24, 2.45) is 10.7 Å². The molecule has 0 fully saturated rings. The number of nitrogens with two attached hydrogens (primary N) is 1. The molecule has 12 heteroatoms. The second-order valence-electron chi connectivity index (χ2n) is 8.99. The molecule has 2 unspecified atom stereocenters. The first-order valence-electron chi connectivity index (χ1n) is 12.8. The maximum atomic E-state index is 14.7. The van der Waals surface area contributed by atoms with Crippen molar-refractivity contribution in [1.29, 1.82) is 0 Å². The highest BCUT2D eigenvalue weighted by Gasteiger charge is 2.54. The smallest absolute Gasteiger partial charge is 0.331 e. The number of hydrazine groups is 1. The second-order valence-corrected chi connectivity index (χ2v) is 10.3. The quantitative estimate of drug-likeness (QED) is 0.196. The molecule has 3 atom stereocenters. The number of amides is 2. The second kappa shape index (κ2) is 13.9. The van der Waals surface area contributed by atoms with Crippen LogP contribution >= 0.6 is 24.4 Å². The molecule has 40 heavy (non-hydrogen) atoms. The van der Waals surface area contributed by atoms with Crippen molar-refractivity contribution in [3.05, 3.63) is 65.7 Å². The summed E-state index contributed by atoms with van der Waals surface area (Å²) in [7, 11) is 1.43. The zero-order valence-corrected chi connectivity index (χ0v) is 24.7. The number of thioether (sulfide) groups is 1. The summed E-state index contributed by atoms with van der Waals surface area (Å²) in [6.45, 7) is 3.01. The lowest BCUT2D eigenvalue weighted by Crippen LogP contribution is -2.69. The number of likely N-dealkylation sites (N-methyl/N-ethyl adjacent to an activating group) is 1. The lowest BCUT2D eigenvalue weighted by molar-refractivity contribution is -0.157. The minimum atomic E-state index is -2.24. The summed E-state index contributed by atoms with van der Waals surface area (Å²) in [5, 5.41) is 4.97. The van der Waals surface area contributed by atoms with E-state index in [2.05, 4.69) is 17.9 Å². The summed E-state index contributed by atoms with van der Waals surface area (Å²) >= 11 is 5.67. The standard InChI is InChI=1S/C28H35N5O5S2/c1-5-38-26(36)23(15-16-40-4)32(18(2)34)33-22-14-10-9-13-20(22)24(19-11-7-6-8-12-19)31-28(30-3,27(33)37)25(35)21(29)17-39/h6-14,21,23,30,39H,5,15-17,29H2,1-4H3/t21?,23-,28?/m0/s1. The van der Waals surface area contributed by atoms with Gasteiger partial charge < -0.3 is 10.5 Å². The summed E-state index contributed by atoms with van der Waals surface area (Å²) in [5.41, 5.74) is 5.62. The Morgan fingerprint density at radius 2 is 1.82 bits per heavy atom. The van der Waals surface area contributed by atoms with E-state index in [-0.39, 0.29) is 24.5 Å². The normalized spacial score (nSPS) is 18.2. The number of nitrogens with one attached hydrogen (secondary N) is 1. The number of nitrogens with zero attached hydrogens (tertiary/aromatic N) is 3. The van der Waals surface area contributed by atoms with E-state index in [0.717, 1.165) is 10.0 Å². The van der Waals surface area contributed by atoms with Crippen LogP contribution in [0.5, 0.6) is 0 Å². The number of carbonyl (C=O) groups is 4. The number of rotatable bonds is 12. The minimum absolute atomic E-state index is 0.0473. The fourth-order valence-corrected chi connectivity index (χ4v) is 5.16. The first-order chi connectivity index (χ1) is 19.2. The number of benzodiazepines with no additional fused rings is 1. The Hall–Kier alpha value is -3.19. The van der Waals surface area contributed by atoms with Gasteiger partial charge in [-0.25, -0.2) is 19.8 Å². The predicted octanol–water partition coefficient (Wildman–Crippen LogP) is 2.06. The predicted molar refractivity (Wildman–Crippen MR) is 161 cm³/mol. The van der Waals surface area contributed by atoms with Crippen molar-refractivity contribution in [2.45, 2.75) is 38.0 Å². The Morgan fingerprint density at radius 3 is 2.40 bits per heavy atom. The number of aliphatic imine (C=N–C) groups is 1. The fourth-order valence-electron chi connectivity index (χ4n) is 4.53. The number of ether oxygens (including phenoxy) is 1. The van der Waals surface area contributed by atoms with Crippen LogP contribution in [0.3, 0.4) is 0 Å². The number of thiol groups is 1. The van der Waals surface area contributed by atoms with Crippen molar-refractivity contribution in [3.63, 3.8) is 0 Å². The van der Waals surface area contributed by atoms with Crippen LogP contribution < -0.4 is 16.1 Å². The number of hydrogen-bond donors (Lipinski definition) is 3. The molecule has 2 aromatic carbocycles. The molecule has 10 nitrogen and oxygen atoms in total. The monoisotopic (exact) mass is 585 g/mol. The molecule has 1 heterocycles. The largest absolute Gasteiger partial charge is 0.464 e. The van der Waals surface area contributed by atoms with Crippen molar-refractivity contribution in [2.75, 3.05) is 36.4 Å². The average molecular weight is 586 g/mol. The molecule has 0 radical (unpaired) electrons. The Morgan fingerprint density at radius 1 is 1.18 bits per heavy atom. The van der Waals surface area contributed by atoms with Gasteiger partial charge in [0.05, 0.1) is 24.0 Å². The van der Waals surface area contributed by atoms with Crippen LogP contribution in [-0.2, 0) is 23.9 Å². The van der Waals surface area contributed by atoms with Crippen molar-refractivity contribution in [1.82, 2.24) is 10.3 Å². The van der Waals surface area contributed by atoms with Gasteiger partial charge in [-0.05, 0) is 38.5 Å². The number of ketones is 1. The summed E-state index contributed by atoms with van der Waals surface area (Å²) < 4.78 is 5.33. The number of Topliss-reactive ketones (excluding diaryl/α,β-unsaturated/α-hetero) is 1. The highest BCUT2D eigenvalue weighted by Crippen LogP contribution is 2.35. The van der Waals surface area contributed by atoms with E-state index in [1.54, 1.807) is 31.2 Å². The number of hydrogen-bond acceptors (Lipinski definition) is 10. The maximum Gasteiger partial charge on any atom is 0.331 e. The van der Waals surface area contributed by atoms with Gasteiger partial charge in [-0.3, -0.25) is 19.7 Å². The van der Waals surface area contributed by atoms with Crippen molar-refractivity contribution < 1.29 is 23.9 Å². The molecule has 0 spiro atoms. The molecule has 2 aromatic rings. The molecule has 3 rings (SSSR count). The number of carbonyl (C=O) groups excluding carboxylic acids is 4. The van der Waals surface area contributed by atoms with Crippen LogP contribution in [-0.4, -0.2) is 83.5 Å². The highest BCUT2D eigenvalue weighted by molar-refractivity contribution is 7.98. The van der Waals surface area contributed by atoms with Crippen LogP contribution in [0.1, 0.15) is 31.4 Å². The number of para-hydroxylation sites is 1. The third-order valence-electron chi connectivity index (χ3n) is 6.46. The number of benzene rings is 2. The van der Waals surface area contributed by atoms with Gasteiger partial charge >= 0.3 is 5.97 Å². The van der Waals surface area contributed by atoms with Gasteiger partial charge in [0.15, 0.2) is 6.04 Å². The van der Waals surface area contributed by atoms with Crippen LogP contribution in [0.2, 0.25) is 0 Å². The summed E-state index contributed by atoms with van der Waals surface area (Å²) in [6, 6.07) is 13.6. The molecular formula is C28H35N5O5S2. The van der Waals surface area contributed by atoms with E-state index < -0.39 is 41.3 Å². The zero-order valence-electron chi connectivity index (χ0n) is 23.0. The Bertz CT molecular complexity index is 1270. The lowest BCUT2D eigenvalue weighted by Gasteiger charge is -2.41. The molecule has 1 aliphatic heterocycles. The molecule has 1 aliphatic rings. The third kappa shape index (κ3) is 6.09. The molecule has 0 saturated heterocycles. The summed E-state index contributed by atoms with van der Waals surface area (Å²) in [4.78, 5) is 60.0. The SMILES string of the molecule is CCOC(=O)[C@H](CCSC)N(C(C)=O)N1C(=O)C(NC)(C(=O)C(N)CS)N=C(c2ccccc2)c2ccccc21. The third-order valence-corrected chi connectivity index (χ3v) is 7.49. The van der Waals surface area contributed by atoms with Crippen molar-refractivity contribution in [3.8, 4) is 0 Å². The van der Waals surface area contributed by atoms with Crippen molar-refractivity contribution >= 4 is 59.4 Å². The van der Waals surface area contributed by atoms with Gasteiger partial charge in [-0.2, -0.15) is 24.4 Å². The molecule has 3 N–H and O–H groups in total. The van der Waals surface area contributed by atoms with E-state index >= 15 is 0 Å². The van der Waals surface area contributed by atoms with Gasteiger partial charge in [-0.1, -0.05) is 48.5 Å². The van der Waals surface area contributed by atoms with Gasteiger partial charge in [0.25, 0.3) is 11.6 Å². The van der Waals surface area contributed by atoms with Crippen LogP contribution in [0.15, 0.2) is 59.6 Å². The number of esters is 1. The van der Waals surface area contributed by atoms with Crippen LogP contribution in [0.25, 0.3) is 0 Å². The first-order valence-corrected chi connectivity index (χ1v) is 14.8. The average Bonchev–Trinajstić information content (AvgIpc) is 3.07. The Balaban J connectivity index is 2.42. The first kappa shape index (κ1) is 31.3. The van der Waals surface area contributed by atoms with E-state index in [1.165, 1.54) is 25.7 Å². The number of anilines is 1. The Labute approximate surface area is 244 Å². The van der Waals surface area contributed by atoms with E-state index in [4.69, 9.17) is 15.5 Å². The molecule has 0 bridgehead atoms. The zero-order chi connectivity index (χ0) is 29.4. The lowest BCUT2D eigenvalue weighted by atomic mass is 9.97. The number of fused-ring (bicyclic) bond motifs is 1. The van der Waals surface area contributed by atoms with Crippen LogP contribution in [0, 0.1) is 0 Å². The van der Waals surface area contributed by atoms with E-state index in [1.807, 2.05) is 36.6 Å². The van der Waals surface area contributed by atoms with E-state index in [0.29, 0.717) is 22.6 Å². The molecule has 0 aromatic heterocycles.